The average molecular weight is 295 g/mol. The van der Waals surface area contributed by atoms with Crippen molar-refractivity contribution in [3.8, 4) is 11.5 Å². The molecular formula is C13H17N3O3S. The molecule has 108 valence electrons. The molecule has 2 aromatic rings. The maximum Gasteiger partial charge on any atom is 0.221 e. The van der Waals surface area contributed by atoms with Crippen LogP contribution in [0.5, 0.6) is 11.5 Å². The van der Waals surface area contributed by atoms with E-state index in [-0.39, 0.29) is 0 Å². The van der Waals surface area contributed by atoms with Crippen LogP contribution in [0.2, 0.25) is 0 Å². The van der Waals surface area contributed by atoms with Crippen molar-refractivity contribution in [2.75, 3.05) is 20.0 Å². The molecule has 0 unspecified atom stereocenters. The molecule has 0 aliphatic heterocycles. The van der Waals surface area contributed by atoms with Crippen LogP contribution in [0.1, 0.15) is 6.42 Å². The van der Waals surface area contributed by atoms with Gasteiger partial charge in [0.15, 0.2) is 0 Å². The second kappa shape index (κ2) is 7.04. The number of nitrogens with zero attached hydrogens (tertiary/aromatic N) is 3. The Morgan fingerprint density at radius 3 is 2.60 bits per heavy atom. The first-order valence-electron chi connectivity index (χ1n) is 6.19. The third-order valence-corrected chi connectivity index (χ3v) is 3.54. The fourth-order valence-electron chi connectivity index (χ4n) is 1.72. The van der Waals surface area contributed by atoms with Gasteiger partial charge >= 0.3 is 0 Å². The van der Waals surface area contributed by atoms with Gasteiger partial charge in [-0.05, 0) is 30.7 Å². The van der Waals surface area contributed by atoms with Gasteiger partial charge in [-0.2, -0.15) is 0 Å². The summed E-state index contributed by atoms with van der Waals surface area (Å²) in [7, 11) is 0.509. The molecule has 1 atom stereocenters. The minimum atomic E-state index is -1.12. The molecule has 0 saturated heterocycles. The van der Waals surface area contributed by atoms with Crippen molar-refractivity contribution in [1.82, 2.24) is 14.8 Å². The van der Waals surface area contributed by atoms with Crippen LogP contribution in [0.15, 0.2) is 35.7 Å². The zero-order chi connectivity index (χ0) is 14.4. The molecule has 0 aliphatic carbocycles. The molecule has 0 N–H and O–H groups in total. The summed E-state index contributed by atoms with van der Waals surface area (Å²) in [6.45, 7) is 1.25. The summed E-state index contributed by atoms with van der Waals surface area (Å²) in [6.07, 6.45) is 3.97. The minimum absolute atomic E-state index is 0.495. The molecule has 6 nitrogen and oxygen atoms in total. The zero-order valence-electron chi connectivity index (χ0n) is 11.5. The van der Waals surface area contributed by atoms with Gasteiger partial charge in [0.05, 0.1) is 24.5 Å². The lowest BCUT2D eigenvalue weighted by atomic mass is 10.3. The lowest BCUT2D eigenvalue weighted by Gasteiger charge is -2.08. The van der Waals surface area contributed by atoms with Gasteiger partial charge in [-0.25, -0.2) is 0 Å². The van der Waals surface area contributed by atoms with Crippen molar-refractivity contribution in [3.05, 3.63) is 30.6 Å². The molecule has 0 spiro atoms. The predicted molar refractivity (Wildman–Crippen MR) is 75.5 cm³/mol. The summed E-state index contributed by atoms with van der Waals surface area (Å²) in [5.74, 6) is 1.60. The monoisotopic (exact) mass is 295 g/mol. The number of ether oxygens (including phenoxy) is 2. The highest BCUT2D eigenvalue weighted by atomic mass is 32.2. The largest absolute Gasteiger partial charge is 0.497 e. The van der Waals surface area contributed by atoms with Gasteiger partial charge in [0, 0.05) is 12.8 Å². The number of methoxy groups -OCH3 is 1. The average Bonchev–Trinajstić information content (AvgIpc) is 2.93. The van der Waals surface area contributed by atoms with E-state index in [1.165, 1.54) is 0 Å². The Morgan fingerprint density at radius 2 is 1.95 bits per heavy atom. The third kappa shape index (κ3) is 3.80. The summed E-state index contributed by atoms with van der Waals surface area (Å²) in [4.78, 5) is 0. The van der Waals surface area contributed by atoms with E-state index in [0.717, 1.165) is 17.9 Å². The second-order valence-electron chi connectivity index (χ2n) is 4.14. The van der Waals surface area contributed by atoms with Gasteiger partial charge in [0.2, 0.25) is 5.16 Å². The van der Waals surface area contributed by atoms with E-state index in [1.807, 2.05) is 24.3 Å². The maximum atomic E-state index is 11.4. The first-order chi connectivity index (χ1) is 9.70. The summed E-state index contributed by atoms with van der Waals surface area (Å²) < 4.78 is 23.9. The molecule has 1 aromatic carbocycles. The molecule has 0 amide bonds. The van der Waals surface area contributed by atoms with Gasteiger partial charge < -0.3 is 14.0 Å². The molecule has 1 heterocycles. The number of hydrogen-bond acceptors (Lipinski definition) is 5. The van der Waals surface area contributed by atoms with Crippen molar-refractivity contribution in [2.24, 2.45) is 0 Å². The van der Waals surface area contributed by atoms with Crippen LogP contribution in [0.3, 0.4) is 0 Å². The van der Waals surface area contributed by atoms with Crippen LogP contribution in [0, 0.1) is 0 Å². The first-order valence-corrected chi connectivity index (χ1v) is 7.74. The van der Waals surface area contributed by atoms with Crippen LogP contribution >= 0.6 is 0 Å². The fourth-order valence-corrected chi connectivity index (χ4v) is 2.35. The SMILES string of the molecule is COc1ccc(OCCCn2cnnc2[S@](C)=O)cc1. The normalized spacial score (nSPS) is 12.1. The molecule has 0 radical (unpaired) electrons. The Morgan fingerprint density at radius 1 is 1.25 bits per heavy atom. The molecule has 20 heavy (non-hydrogen) atoms. The van der Waals surface area contributed by atoms with Crippen molar-refractivity contribution in [3.63, 3.8) is 0 Å². The molecule has 0 aliphatic rings. The van der Waals surface area contributed by atoms with Gasteiger partial charge in [0.25, 0.3) is 0 Å². The Bertz CT molecular complexity index is 568. The van der Waals surface area contributed by atoms with Crippen molar-refractivity contribution >= 4 is 10.8 Å². The van der Waals surface area contributed by atoms with E-state index >= 15 is 0 Å². The Labute approximate surface area is 120 Å². The highest BCUT2D eigenvalue weighted by Gasteiger charge is 2.07. The van der Waals surface area contributed by atoms with Gasteiger partial charge in [-0.3, -0.25) is 4.21 Å². The molecule has 0 bridgehead atoms. The van der Waals surface area contributed by atoms with Crippen LogP contribution in [0.4, 0.5) is 0 Å². The lowest BCUT2D eigenvalue weighted by molar-refractivity contribution is 0.299. The highest BCUT2D eigenvalue weighted by Crippen LogP contribution is 2.17. The van der Waals surface area contributed by atoms with E-state index in [1.54, 1.807) is 24.3 Å². The smallest absolute Gasteiger partial charge is 0.221 e. The molecule has 7 heteroatoms. The number of aryl methyl sites for hydroxylation is 1. The molecule has 0 saturated carbocycles. The van der Waals surface area contributed by atoms with Crippen molar-refractivity contribution in [1.29, 1.82) is 0 Å². The predicted octanol–water partition coefficient (Wildman–Crippen LogP) is 1.49. The van der Waals surface area contributed by atoms with E-state index < -0.39 is 10.8 Å². The number of benzene rings is 1. The number of hydrogen-bond donors (Lipinski definition) is 0. The van der Waals surface area contributed by atoms with Crippen molar-refractivity contribution in [2.45, 2.75) is 18.1 Å². The maximum absolute atomic E-state index is 11.4. The zero-order valence-corrected chi connectivity index (χ0v) is 12.3. The Balaban J connectivity index is 1.78. The summed E-state index contributed by atoms with van der Waals surface area (Å²) >= 11 is 0. The fraction of sp³-hybridized carbons (Fsp3) is 0.385. The summed E-state index contributed by atoms with van der Waals surface area (Å²) in [6, 6.07) is 7.44. The molecule has 2 rings (SSSR count). The summed E-state index contributed by atoms with van der Waals surface area (Å²) in [5, 5.41) is 8.09. The second-order valence-corrected chi connectivity index (χ2v) is 5.41. The first kappa shape index (κ1) is 14.5. The molecule has 0 fully saturated rings. The van der Waals surface area contributed by atoms with E-state index in [4.69, 9.17) is 9.47 Å². The number of aromatic nitrogens is 3. The standard InChI is InChI=1S/C13H17N3O3S/c1-18-11-4-6-12(7-5-11)19-9-3-8-16-10-14-15-13(16)20(2)17/h4-7,10H,3,8-9H2,1-2H3/t20-/m0/s1. The number of rotatable bonds is 7. The van der Waals surface area contributed by atoms with E-state index in [2.05, 4.69) is 10.2 Å². The van der Waals surface area contributed by atoms with Crippen LogP contribution < -0.4 is 9.47 Å². The topological polar surface area (TPSA) is 66.2 Å². The Hall–Kier alpha value is -1.89. The van der Waals surface area contributed by atoms with Gasteiger partial charge in [-0.1, -0.05) is 0 Å². The van der Waals surface area contributed by atoms with Gasteiger partial charge in [0.1, 0.15) is 17.8 Å². The van der Waals surface area contributed by atoms with E-state index in [0.29, 0.717) is 18.3 Å². The quantitative estimate of drug-likeness (QED) is 0.724. The third-order valence-electron chi connectivity index (χ3n) is 2.71. The Kier molecular flexibility index (Phi) is 5.11. The molecular weight excluding hydrogens is 278 g/mol. The van der Waals surface area contributed by atoms with Crippen LogP contribution in [0.25, 0.3) is 0 Å². The molecule has 1 aromatic heterocycles. The van der Waals surface area contributed by atoms with Gasteiger partial charge in [-0.15, -0.1) is 10.2 Å². The highest BCUT2D eigenvalue weighted by molar-refractivity contribution is 7.84. The van der Waals surface area contributed by atoms with Crippen molar-refractivity contribution < 1.29 is 13.7 Å². The van der Waals surface area contributed by atoms with Crippen LogP contribution in [-0.4, -0.2) is 38.9 Å². The minimum Gasteiger partial charge on any atom is -0.497 e. The van der Waals surface area contributed by atoms with E-state index in [9.17, 15) is 4.21 Å². The summed E-state index contributed by atoms with van der Waals surface area (Å²) in [5.41, 5.74) is 0. The van der Waals surface area contributed by atoms with Crippen LogP contribution in [-0.2, 0) is 17.3 Å². The lowest BCUT2D eigenvalue weighted by Crippen LogP contribution is -2.07.